The number of rotatable bonds is 20. The number of para-hydroxylation sites is 2. The number of aromatic nitrogens is 14. The third-order valence-electron chi connectivity index (χ3n) is 11.3. The zero-order valence-corrected chi connectivity index (χ0v) is 42.6. The molecule has 0 aliphatic heterocycles. The molecule has 2 aromatic carbocycles. The summed E-state index contributed by atoms with van der Waals surface area (Å²) in [6.07, 6.45) is 11.2. The first-order valence-corrected chi connectivity index (χ1v) is 25.4. The van der Waals surface area contributed by atoms with E-state index in [2.05, 4.69) is 60.3 Å². The van der Waals surface area contributed by atoms with Gasteiger partial charge in [0.1, 0.15) is 69.5 Å². The fourth-order valence-corrected chi connectivity index (χ4v) is 9.90. The van der Waals surface area contributed by atoms with E-state index in [1.54, 1.807) is 36.4 Å². The molecule has 28 heteroatoms. The van der Waals surface area contributed by atoms with Gasteiger partial charge in [0.15, 0.2) is 43.0 Å². The molecule has 0 amide bonds. The Labute approximate surface area is 424 Å². The Morgan fingerprint density at radius 3 is 1.12 bits per heavy atom. The van der Waals surface area contributed by atoms with Gasteiger partial charge >= 0.3 is 0 Å². The van der Waals surface area contributed by atoms with Crippen molar-refractivity contribution in [3.05, 3.63) is 121 Å². The predicted molar refractivity (Wildman–Crippen MR) is 262 cm³/mol. The average molecular weight is 1060 g/mol. The van der Waals surface area contributed by atoms with Crippen LogP contribution in [-0.4, -0.2) is 150 Å². The zero-order chi connectivity index (χ0) is 53.2. The first kappa shape index (κ1) is 53.5. The first-order valence-electron chi connectivity index (χ1n) is 22.0. The van der Waals surface area contributed by atoms with Crippen LogP contribution in [0.5, 0.6) is 34.8 Å². The molecule has 4 atom stereocenters. The second-order valence-corrected chi connectivity index (χ2v) is 20.4. The summed E-state index contributed by atoms with van der Waals surface area (Å²) in [7, 11) is 0.768. The normalized spacial score (nSPS) is 13.1. The summed E-state index contributed by atoms with van der Waals surface area (Å²) in [6.45, 7) is 2.78. The third kappa shape index (κ3) is 11.5. The lowest BCUT2D eigenvalue weighted by Crippen LogP contribution is -2.28. The lowest BCUT2D eigenvalue weighted by molar-refractivity contribution is 0.170. The number of nitrogens with zero attached hydrogens (tertiary/aromatic N) is 14. The van der Waals surface area contributed by atoms with Gasteiger partial charge in [-0.3, -0.25) is 29.1 Å². The van der Waals surface area contributed by atoms with E-state index in [-0.39, 0.29) is 46.4 Å². The molecular formula is C46H50N14O12S2. The largest absolute Gasteiger partial charge is 0.494 e. The molecule has 0 unspecified atom stereocenters. The van der Waals surface area contributed by atoms with Crippen LogP contribution in [0.1, 0.15) is 49.1 Å². The van der Waals surface area contributed by atoms with Crippen molar-refractivity contribution < 1.29 is 55.5 Å². The van der Waals surface area contributed by atoms with Gasteiger partial charge in [0.05, 0.1) is 102 Å². The van der Waals surface area contributed by atoms with Gasteiger partial charge in [0.2, 0.25) is 11.8 Å². The number of ether oxygens (including phenoxy) is 6. The SMILES string of the molecule is COc1cnc([C@@H](O)[C@H](C)S(=O)(=O)Cc2nnc(-c3cnccn3)n2-c2c(OC)cccc2OC)cn1.COc1cnc([C@H](O)[C@@H](C)S(=O)(=O)Cc2nnc(-c3cnccn3)n2-c2c(OC)cccc2OC)cn1. The third-order valence-corrected chi connectivity index (χ3v) is 15.4. The molecule has 26 nitrogen and oxygen atoms in total. The van der Waals surface area contributed by atoms with Gasteiger partial charge in [-0.2, -0.15) is 0 Å². The summed E-state index contributed by atoms with van der Waals surface area (Å²) in [5, 5.41) is 35.8. The maximum absolute atomic E-state index is 13.5. The quantitative estimate of drug-likeness (QED) is 0.111. The highest BCUT2D eigenvalue weighted by Gasteiger charge is 2.36. The minimum absolute atomic E-state index is 0.0586. The van der Waals surface area contributed by atoms with Gasteiger partial charge < -0.3 is 38.6 Å². The molecule has 74 heavy (non-hydrogen) atoms. The summed E-state index contributed by atoms with van der Waals surface area (Å²) in [5.41, 5.74) is 1.66. The van der Waals surface area contributed by atoms with Crippen molar-refractivity contribution in [3.8, 4) is 69.2 Å². The second-order valence-electron chi connectivity index (χ2n) is 15.6. The lowest BCUT2D eigenvalue weighted by Gasteiger charge is -2.20. The van der Waals surface area contributed by atoms with Gasteiger partial charge in [0.25, 0.3) is 0 Å². The highest BCUT2D eigenvalue weighted by Crippen LogP contribution is 2.38. The molecule has 388 valence electrons. The van der Waals surface area contributed by atoms with Crippen LogP contribution in [0.2, 0.25) is 0 Å². The molecule has 6 heterocycles. The molecule has 0 saturated carbocycles. The Balaban J connectivity index is 0.000000216. The van der Waals surface area contributed by atoms with Crippen molar-refractivity contribution in [1.29, 1.82) is 0 Å². The molecule has 0 fully saturated rings. The summed E-state index contributed by atoms with van der Waals surface area (Å²) < 4.78 is 89.0. The van der Waals surface area contributed by atoms with Gasteiger partial charge in [0, 0.05) is 24.8 Å². The Bertz CT molecular complexity index is 3110. The highest BCUT2D eigenvalue weighted by molar-refractivity contribution is 7.91. The Kier molecular flexibility index (Phi) is 17.0. The Morgan fingerprint density at radius 2 is 0.838 bits per heavy atom. The van der Waals surface area contributed by atoms with Crippen LogP contribution in [-0.2, 0) is 31.2 Å². The molecule has 0 spiro atoms. The van der Waals surface area contributed by atoms with Crippen LogP contribution in [0, 0.1) is 0 Å². The van der Waals surface area contributed by atoms with E-state index >= 15 is 0 Å². The number of hydrogen-bond donors (Lipinski definition) is 2. The Morgan fingerprint density at radius 1 is 0.473 bits per heavy atom. The highest BCUT2D eigenvalue weighted by atomic mass is 32.2. The number of hydrogen-bond acceptors (Lipinski definition) is 24. The molecule has 6 aromatic heterocycles. The molecule has 0 saturated heterocycles. The van der Waals surface area contributed by atoms with Gasteiger partial charge in [-0.1, -0.05) is 12.1 Å². The van der Waals surface area contributed by atoms with Gasteiger partial charge in [-0.05, 0) is 38.1 Å². The minimum Gasteiger partial charge on any atom is -0.494 e. The molecule has 0 aliphatic carbocycles. The molecule has 0 radical (unpaired) electrons. The molecule has 0 bridgehead atoms. The van der Waals surface area contributed by atoms with E-state index in [1.165, 1.54) is 128 Å². The van der Waals surface area contributed by atoms with E-state index in [9.17, 15) is 27.0 Å². The summed E-state index contributed by atoms with van der Waals surface area (Å²) in [5.74, 6) is 1.50. The molecular weight excluding hydrogens is 1000 g/mol. The number of aliphatic hydroxyl groups is 2. The average Bonchev–Trinajstić information content (AvgIpc) is 4.05. The van der Waals surface area contributed by atoms with Crippen molar-refractivity contribution >= 4 is 19.7 Å². The van der Waals surface area contributed by atoms with Crippen molar-refractivity contribution in [3.63, 3.8) is 0 Å². The lowest BCUT2D eigenvalue weighted by atomic mass is 10.2. The number of methoxy groups -OCH3 is 6. The predicted octanol–water partition coefficient (Wildman–Crippen LogP) is 3.15. The summed E-state index contributed by atoms with van der Waals surface area (Å²) in [6, 6.07) is 10.3. The standard InChI is InChI=1S/2C23H25N7O6S/c2*1-14(22(31)15-11-27-20(36-4)12-26-15)37(32,33)13-19-28-29-23(16-10-24-8-9-25-16)30(19)21-17(34-2)6-5-7-18(21)35-3/h2*5-12,14,22,31H,13H2,1-4H3/t2*14-,22-/m10/s1. The van der Waals surface area contributed by atoms with Crippen molar-refractivity contribution in [2.45, 2.75) is 48.1 Å². The molecule has 8 aromatic rings. The van der Waals surface area contributed by atoms with Gasteiger partial charge in [-0.15, -0.1) is 20.4 Å². The van der Waals surface area contributed by atoms with Crippen LogP contribution >= 0.6 is 0 Å². The van der Waals surface area contributed by atoms with E-state index < -0.39 is 53.9 Å². The molecule has 8 rings (SSSR count). The maximum Gasteiger partial charge on any atom is 0.231 e. The van der Waals surface area contributed by atoms with E-state index in [0.29, 0.717) is 45.8 Å². The fourth-order valence-electron chi connectivity index (χ4n) is 7.22. The smallest absolute Gasteiger partial charge is 0.231 e. The van der Waals surface area contributed by atoms with E-state index in [1.807, 2.05) is 0 Å². The van der Waals surface area contributed by atoms with Gasteiger partial charge in [-0.25, -0.2) is 36.8 Å². The molecule has 2 N–H and O–H groups in total. The topological polar surface area (TPSA) is 329 Å². The molecule has 0 aliphatic rings. The summed E-state index contributed by atoms with van der Waals surface area (Å²) >= 11 is 0. The van der Waals surface area contributed by atoms with Crippen molar-refractivity contribution in [2.24, 2.45) is 0 Å². The van der Waals surface area contributed by atoms with Crippen molar-refractivity contribution in [2.75, 3.05) is 42.7 Å². The second kappa shape index (κ2) is 23.5. The van der Waals surface area contributed by atoms with Crippen LogP contribution in [0.15, 0.2) is 98.4 Å². The fraction of sp³-hybridized carbons (Fsp3) is 0.304. The maximum atomic E-state index is 13.5. The zero-order valence-electron chi connectivity index (χ0n) is 41.0. The van der Waals surface area contributed by atoms with Crippen LogP contribution in [0.25, 0.3) is 34.4 Å². The van der Waals surface area contributed by atoms with Crippen molar-refractivity contribution in [1.82, 2.24) is 69.4 Å². The van der Waals surface area contributed by atoms with Crippen LogP contribution < -0.4 is 28.4 Å². The Hall–Kier alpha value is -8.34. The van der Waals surface area contributed by atoms with Crippen LogP contribution in [0.4, 0.5) is 0 Å². The number of benzene rings is 2. The number of aliphatic hydroxyl groups excluding tert-OH is 2. The van der Waals surface area contributed by atoms with E-state index in [4.69, 9.17) is 28.4 Å². The van der Waals surface area contributed by atoms with Crippen LogP contribution in [0.3, 0.4) is 0 Å². The number of sulfone groups is 2. The van der Waals surface area contributed by atoms with E-state index in [0.717, 1.165) is 0 Å². The summed E-state index contributed by atoms with van der Waals surface area (Å²) in [4.78, 5) is 32.8. The monoisotopic (exact) mass is 1050 g/mol. The first-order chi connectivity index (χ1) is 35.6. The minimum atomic E-state index is -4.00.